The molecule has 2 atom stereocenters. The quantitative estimate of drug-likeness (QED) is 0.730. The summed E-state index contributed by atoms with van der Waals surface area (Å²) in [5.41, 5.74) is 3.14. The van der Waals surface area contributed by atoms with E-state index in [1.165, 1.54) is 0 Å². The molecule has 1 saturated carbocycles. The molecule has 0 radical (unpaired) electrons. The maximum atomic E-state index is 13.6. The van der Waals surface area contributed by atoms with Gasteiger partial charge >= 0.3 is 6.18 Å². The molecule has 1 aliphatic heterocycles. The first kappa shape index (κ1) is 20.9. The number of aliphatic hydroxyl groups is 1. The Hall–Kier alpha value is -2.36. The maximum Gasteiger partial charge on any atom is 0.421 e. The number of anilines is 1. The summed E-state index contributed by atoms with van der Waals surface area (Å²) in [5.74, 6) is -0.224. The Morgan fingerprint density at radius 1 is 1.20 bits per heavy atom. The largest absolute Gasteiger partial charge is 0.474 e. The van der Waals surface area contributed by atoms with E-state index in [1.54, 1.807) is 6.92 Å². The Labute approximate surface area is 171 Å². The van der Waals surface area contributed by atoms with Gasteiger partial charge in [-0.25, -0.2) is 4.98 Å². The zero-order valence-corrected chi connectivity index (χ0v) is 16.7. The van der Waals surface area contributed by atoms with Gasteiger partial charge in [0.2, 0.25) is 11.8 Å². The van der Waals surface area contributed by atoms with Gasteiger partial charge in [-0.2, -0.15) is 13.2 Å². The molecule has 164 valence electrons. The lowest BCUT2D eigenvalue weighted by Crippen LogP contribution is -2.22. The lowest BCUT2D eigenvalue weighted by Gasteiger charge is -2.23. The zero-order valence-electron chi connectivity index (χ0n) is 16.7. The number of hydrogen-bond donors (Lipinski definition) is 2. The van der Waals surface area contributed by atoms with Crippen LogP contribution in [0.15, 0.2) is 10.5 Å². The molecule has 0 amide bonds. The summed E-state index contributed by atoms with van der Waals surface area (Å²) in [6.45, 7) is 1.57. The lowest BCUT2D eigenvalue weighted by atomic mass is 9.97. The van der Waals surface area contributed by atoms with Gasteiger partial charge in [0.25, 0.3) is 5.89 Å². The van der Waals surface area contributed by atoms with Crippen LogP contribution in [-0.2, 0) is 11.8 Å². The third-order valence-corrected chi connectivity index (χ3v) is 5.67. The number of ether oxygens (including phenoxy) is 1. The van der Waals surface area contributed by atoms with Crippen LogP contribution in [-0.4, -0.2) is 26.4 Å². The van der Waals surface area contributed by atoms with Crippen LogP contribution in [0, 0.1) is 5.92 Å². The molecular weight excluding hydrogens is 401 g/mol. The van der Waals surface area contributed by atoms with Gasteiger partial charge in [0.1, 0.15) is 17.3 Å². The van der Waals surface area contributed by atoms with Crippen LogP contribution in [0.1, 0.15) is 69.7 Å². The van der Waals surface area contributed by atoms with Crippen molar-refractivity contribution in [2.75, 3.05) is 5.73 Å². The van der Waals surface area contributed by atoms with E-state index in [2.05, 4.69) is 15.2 Å². The average molecular weight is 426 g/mol. The summed E-state index contributed by atoms with van der Waals surface area (Å²) >= 11 is 0. The molecule has 1 aliphatic carbocycles. The Morgan fingerprint density at radius 2 is 1.97 bits per heavy atom. The van der Waals surface area contributed by atoms with Gasteiger partial charge in [0, 0.05) is 0 Å². The van der Waals surface area contributed by atoms with Crippen LogP contribution in [0.5, 0.6) is 5.88 Å². The molecule has 30 heavy (non-hydrogen) atoms. The fourth-order valence-electron chi connectivity index (χ4n) is 3.75. The Kier molecular flexibility index (Phi) is 5.37. The third kappa shape index (κ3) is 4.53. The highest BCUT2D eigenvalue weighted by atomic mass is 19.4. The summed E-state index contributed by atoms with van der Waals surface area (Å²) in [6, 6.07) is 0.791. The smallest absolute Gasteiger partial charge is 0.421 e. The van der Waals surface area contributed by atoms with E-state index in [1.807, 2.05) is 0 Å². The number of nitrogens with two attached hydrogens (primary N) is 1. The minimum Gasteiger partial charge on any atom is -0.474 e. The molecule has 0 spiro atoms. The number of fused-ring (bicyclic) bond motifs is 5. The van der Waals surface area contributed by atoms with E-state index < -0.39 is 23.2 Å². The molecule has 1 fully saturated rings. The molecule has 0 aromatic carbocycles. The SMILES string of the molecule is C[C@@]1(O)CCCCCC(CC2CC2)Oc2nc(c(N)cc2C(F)(F)F)-c2nnc1o2. The van der Waals surface area contributed by atoms with Crippen molar-refractivity contribution in [1.29, 1.82) is 0 Å². The topological polar surface area (TPSA) is 107 Å². The van der Waals surface area contributed by atoms with Crippen LogP contribution in [0.3, 0.4) is 0 Å². The standard InChI is InChI=1S/C20H25F3N4O3/c1-19(28)8-4-2-3-5-12(9-11-6-7-11)29-16-13(20(21,22)23)10-14(24)15(25-16)17-26-27-18(19)30-17/h10-12,28H,2-9,24H2,1H3/t12?,19-/m1/s1. The van der Waals surface area contributed by atoms with Crippen molar-refractivity contribution in [3.63, 3.8) is 0 Å². The second-order valence-electron chi connectivity index (χ2n) is 8.48. The van der Waals surface area contributed by atoms with E-state index in [0.717, 1.165) is 31.7 Å². The molecular formula is C20H25F3N4O3. The van der Waals surface area contributed by atoms with Crippen LogP contribution in [0.2, 0.25) is 0 Å². The van der Waals surface area contributed by atoms with Gasteiger partial charge in [-0.3, -0.25) is 0 Å². The number of nitrogens with zero attached hydrogens (tertiary/aromatic N) is 3. The van der Waals surface area contributed by atoms with Gasteiger partial charge < -0.3 is 20.0 Å². The van der Waals surface area contributed by atoms with Gasteiger partial charge in [0.05, 0.1) is 5.69 Å². The highest BCUT2D eigenvalue weighted by Gasteiger charge is 2.39. The van der Waals surface area contributed by atoms with E-state index in [9.17, 15) is 18.3 Å². The van der Waals surface area contributed by atoms with Crippen molar-refractivity contribution < 1.29 is 27.4 Å². The Balaban J connectivity index is 1.78. The molecule has 4 bridgehead atoms. The number of hydrogen-bond acceptors (Lipinski definition) is 7. The van der Waals surface area contributed by atoms with Crippen molar-refractivity contribution in [3.05, 3.63) is 17.5 Å². The molecule has 2 aromatic heterocycles. The summed E-state index contributed by atoms with van der Waals surface area (Å²) in [6.07, 6.45) is 1.11. The predicted molar refractivity (Wildman–Crippen MR) is 101 cm³/mol. The molecule has 7 nitrogen and oxygen atoms in total. The molecule has 0 saturated heterocycles. The first-order valence-electron chi connectivity index (χ1n) is 10.2. The highest BCUT2D eigenvalue weighted by Crippen LogP contribution is 2.42. The maximum absolute atomic E-state index is 13.6. The van der Waals surface area contributed by atoms with Crippen LogP contribution in [0.4, 0.5) is 18.9 Å². The Bertz CT molecular complexity index is 909. The fraction of sp³-hybridized carbons (Fsp3) is 0.650. The van der Waals surface area contributed by atoms with Gasteiger partial charge in [-0.15, -0.1) is 10.2 Å². The monoisotopic (exact) mass is 426 g/mol. The lowest BCUT2D eigenvalue weighted by molar-refractivity contribution is -0.139. The summed E-state index contributed by atoms with van der Waals surface area (Å²) < 4.78 is 52.3. The second-order valence-corrected chi connectivity index (χ2v) is 8.48. The fourth-order valence-corrected chi connectivity index (χ4v) is 3.75. The summed E-state index contributed by atoms with van der Waals surface area (Å²) in [5, 5.41) is 18.4. The van der Waals surface area contributed by atoms with Crippen LogP contribution < -0.4 is 10.5 Å². The Morgan fingerprint density at radius 3 is 2.67 bits per heavy atom. The van der Waals surface area contributed by atoms with Gasteiger partial charge in [-0.1, -0.05) is 25.7 Å². The molecule has 3 N–H and O–H groups in total. The number of nitrogen functional groups attached to an aromatic ring is 1. The molecule has 1 unspecified atom stereocenters. The summed E-state index contributed by atoms with van der Waals surface area (Å²) in [4.78, 5) is 4.05. The van der Waals surface area contributed by atoms with E-state index in [4.69, 9.17) is 14.9 Å². The number of halogens is 3. The zero-order chi connectivity index (χ0) is 21.5. The molecule has 2 aromatic rings. The van der Waals surface area contributed by atoms with Crippen molar-refractivity contribution >= 4 is 5.69 Å². The van der Waals surface area contributed by atoms with Gasteiger partial charge in [0.15, 0.2) is 5.69 Å². The highest BCUT2D eigenvalue weighted by molar-refractivity contribution is 5.68. The molecule has 2 aliphatic rings. The van der Waals surface area contributed by atoms with Crippen molar-refractivity contribution in [3.8, 4) is 17.5 Å². The van der Waals surface area contributed by atoms with Crippen molar-refractivity contribution in [1.82, 2.24) is 15.2 Å². The number of aromatic nitrogens is 3. The second kappa shape index (κ2) is 7.72. The normalized spacial score (nSPS) is 25.4. The average Bonchev–Trinajstić information content (AvgIpc) is 3.32. The third-order valence-electron chi connectivity index (χ3n) is 5.67. The van der Waals surface area contributed by atoms with E-state index >= 15 is 0 Å². The van der Waals surface area contributed by atoms with Crippen LogP contribution in [0.25, 0.3) is 11.6 Å². The van der Waals surface area contributed by atoms with E-state index in [-0.39, 0.29) is 29.3 Å². The first-order valence-corrected chi connectivity index (χ1v) is 10.2. The molecule has 10 heteroatoms. The summed E-state index contributed by atoms with van der Waals surface area (Å²) in [7, 11) is 0. The number of pyridine rings is 1. The first-order chi connectivity index (χ1) is 14.1. The van der Waals surface area contributed by atoms with E-state index in [0.29, 0.717) is 31.6 Å². The number of rotatable bonds is 2. The van der Waals surface area contributed by atoms with Gasteiger partial charge in [-0.05, 0) is 44.6 Å². The van der Waals surface area contributed by atoms with Crippen molar-refractivity contribution in [2.45, 2.75) is 76.2 Å². The van der Waals surface area contributed by atoms with Crippen molar-refractivity contribution in [2.24, 2.45) is 5.92 Å². The van der Waals surface area contributed by atoms with Crippen LogP contribution >= 0.6 is 0 Å². The minimum absolute atomic E-state index is 0.0234. The molecule has 3 heterocycles. The predicted octanol–water partition coefficient (Wildman–Crippen LogP) is 4.45. The minimum atomic E-state index is -4.67. The number of alkyl halides is 3. The molecule has 4 rings (SSSR count).